The molecule has 3 heterocycles. The Morgan fingerprint density at radius 2 is 2.23 bits per heavy atom. The maximum absolute atomic E-state index is 12.1. The molecule has 5 nitrogen and oxygen atoms in total. The number of hydrogen-bond acceptors (Lipinski definition) is 5. The first-order chi connectivity index (χ1) is 10.6. The predicted octanol–water partition coefficient (Wildman–Crippen LogP) is 2.35. The minimum Gasteiger partial charge on any atom is -0.459 e. The van der Waals surface area contributed by atoms with Gasteiger partial charge in [-0.05, 0) is 41.4 Å². The van der Waals surface area contributed by atoms with Crippen molar-refractivity contribution in [1.29, 1.82) is 0 Å². The zero-order valence-corrected chi connectivity index (χ0v) is 12.8. The summed E-state index contributed by atoms with van der Waals surface area (Å²) in [5, 5.41) is 3.82. The SMILES string of the molecule is Cc1cccc2nc(COC(=O)Cc3ccsc3)cc(=O)n12. The zero-order chi connectivity index (χ0) is 15.5. The van der Waals surface area contributed by atoms with E-state index >= 15 is 0 Å². The van der Waals surface area contributed by atoms with Crippen LogP contribution in [0, 0.1) is 6.92 Å². The number of fused-ring (bicyclic) bond motifs is 1. The van der Waals surface area contributed by atoms with Gasteiger partial charge >= 0.3 is 5.97 Å². The quantitative estimate of drug-likeness (QED) is 0.694. The molecule has 22 heavy (non-hydrogen) atoms. The Balaban J connectivity index is 1.74. The lowest BCUT2D eigenvalue weighted by molar-refractivity contribution is -0.144. The van der Waals surface area contributed by atoms with Crippen molar-refractivity contribution >= 4 is 23.0 Å². The first kappa shape index (κ1) is 14.5. The monoisotopic (exact) mass is 314 g/mol. The van der Waals surface area contributed by atoms with Crippen LogP contribution in [-0.2, 0) is 22.6 Å². The summed E-state index contributed by atoms with van der Waals surface area (Å²) in [5.41, 5.74) is 2.57. The Labute approximate surface area is 130 Å². The van der Waals surface area contributed by atoms with E-state index in [4.69, 9.17) is 4.74 Å². The van der Waals surface area contributed by atoms with Gasteiger partial charge in [0.1, 0.15) is 12.3 Å². The van der Waals surface area contributed by atoms with Crippen molar-refractivity contribution in [3.63, 3.8) is 0 Å². The molecule has 0 saturated carbocycles. The van der Waals surface area contributed by atoms with Crippen molar-refractivity contribution in [1.82, 2.24) is 9.38 Å². The molecule has 0 atom stereocenters. The summed E-state index contributed by atoms with van der Waals surface area (Å²) in [6.07, 6.45) is 0.231. The van der Waals surface area contributed by atoms with Crippen molar-refractivity contribution in [3.05, 3.63) is 68.4 Å². The van der Waals surface area contributed by atoms with E-state index in [0.717, 1.165) is 11.3 Å². The molecule has 0 fully saturated rings. The molecule has 0 spiro atoms. The van der Waals surface area contributed by atoms with Crippen molar-refractivity contribution in [2.24, 2.45) is 0 Å². The summed E-state index contributed by atoms with van der Waals surface area (Å²) < 4.78 is 6.72. The van der Waals surface area contributed by atoms with Crippen LogP contribution in [-0.4, -0.2) is 15.4 Å². The summed E-state index contributed by atoms with van der Waals surface area (Å²) >= 11 is 1.54. The average Bonchev–Trinajstić information content (AvgIpc) is 2.98. The van der Waals surface area contributed by atoms with Gasteiger partial charge in [-0.1, -0.05) is 6.07 Å². The van der Waals surface area contributed by atoms with Crippen molar-refractivity contribution in [2.75, 3.05) is 0 Å². The second-order valence-electron chi connectivity index (χ2n) is 4.92. The van der Waals surface area contributed by atoms with Crippen molar-refractivity contribution in [2.45, 2.75) is 20.0 Å². The Hall–Kier alpha value is -2.47. The normalized spacial score (nSPS) is 10.8. The van der Waals surface area contributed by atoms with Gasteiger partial charge < -0.3 is 4.74 Å². The van der Waals surface area contributed by atoms with Gasteiger partial charge in [0.15, 0.2) is 0 Å². The fourth-order valence-electron chi connectivity index (χ4n) is 2.20. The molecule has 0 radical (unpaired) electrons. The molecule has 0 aliphatic carbocycles. The third-order valence-electron chi connectivity index (χ3n) is 3.24. The molecule has 0 bridgehead atoms. The maximum Gasteiger partial charge on any atom is 0.310 e. The highest BCUT2D eigenvalue weighted by Crippen LogP contribution is 2.08. The fourth-order valence-corrected chi connectivity index (χ4v) is 2.87. The lowest BCUT2D eigenvalue weighted by Gasteiger charge is -2.07. The van der Waals surface area contributed by atoms with Gasteiger partial charge in [-0.15, -0.1) is 0 Å². The number of aryl methyl sites for hydroxylation is 1. The first-order valence-electron chi connectivity index (χ1n) is 6.78. The molecule has 0 aliphatic rings. The van der Waals surface area contributed by atoms with Crippen LogP contribution in [0.15, 0.2) is 45.9 Å². The van der Waals surface area contributed by atoms with Crippen LogP contribution in [0.1, 0.15) is 17.0 Å². The number of rotatable bonds is 4. The summed E-state index contributed by atoms with van der Waals surface area (Å²) in [5.74, 6) is -0.329. The smallest absolute Gasteiger partial charge is 0.310 e. The molecule has 0 unspecified atom stereocenters. The molecule has 0 aromatic carbocycles. The molecule has 0 aliphatic heterocycles. The molecule has 3 rings (SSSR count). The molecule has 3 aromatic heterocycles. The molecular weight excluding hydrogens is 300 g/mol. The molecule has 6 heteroatoms. The number of carbonyl (C=O) groups is 1. The van der Waals surface area contributed by atoms with Crippen LogP contribution < -0.4 is 5.56 Å². The van der Waals surface area contributed by atoms with E-state index in [1.165, 1.54) is 21.8 Å². The summed E-state index contributed by atoms with van der Waals surface area (Å²) in [6, 6.07) is 8.72. The van der Waals surface area contributed by atoms with Gasteiger partial charge in [-0.2, -0.15) is 11.3 Å². The van der Waals surface area contributed by atoms with Gasteiger partial charge in [0.2, 0.25) is 0 Å². The zero-order valence-electron chi connectivity index (χ0n) is 12.0. The van der Waals surface area contributed by atoms with Crippen LogP contribution in [0.3, 0.4) is 0 Å². The van der Waals surface area contributed by atoms with Gasteiger partial charge in [0, 0.05) is 11.8 Å². The summed E-state index contributed by atoms with van der Waals surface area (Å²) in [4.78, 5) is 28.2. The standard InChI is InChI=1S/C16H14N2O3S/c1-11-3-2-4-14-17-13(8-15(19)18(11)14)9-21-16(20)7-12-5-6-22-10-12/h2-6,8,10H,7,9H2,1H3. The summed E-state index contributed by atoms with van der Waals surface area (Å²) in [6.45, 7) is 1.85. The van der Waals surface area contributed by atoms with Gasteiger partial charge in [0.05, 0.1) is 12.1 Å². The van der Waals surface area contributed by atoms with E-state index < -0.39 is 0 Å². The highest BCUT2D eigenvalue weighted by molar-refractivity contribution is 7.07. The highest BCUT2D eigenvalue weighted by Gasteiger charge is 2.08. The second-order valence-corrected chi connectivity index (χ2v) is 5.70. The molecule has 0 N–H and O–H groups in total. The van der Waals surface area contributed by atoms with E-state index in [1.807, 2.05) is 35.9 Å². The first-order valence-corrected chi connectivity index (χ1v) is 7.73. The van der Waals surface area contributed by atoms with Gasteiger partial charge in [0.25, 0.3) is 5.56 Å². The van der Waals surface area contributed by atoms with Crippen LogP contribution in [0.5, 0.6) is 0 Å². The average molecular weight is 314 g/mol. The van der Waals surface area contributed by atoms with Crippen LogP contribution in [0.2, 0.25) is 0 Å². The third-order valence-corrected chi connectivity index (χ3v) is 3.97. The van der Waals surface area contributed by atoms with Crippen molar-refractivity contribution < 1.29 is 9.53 Å². The van der Waals surface area contributed by atoms with E-state index in [0.29, 0.717) is 11.3 Å². The molecule has 112 valence electrons. The largest absolute Gasteiger partial charge is 0.459 e. The number of ether oxygens (including phenoxy) is 1. The van der Waals surface area contributed by atoms with Crippen LogP contribution in [0.4, 0.5) is 0 Å². The second kappa shape index (κ2) is 6.11. The lowest BCUT2D eigenvalue weighted by atomic mass is 10.2. The van der Waals surface area contributed by atoms with Gasteiger partial charge in [-0.3, -0.25) is 14.0 Å². The molecular formula is C16H14N2O3S. The van der Waals surface area contributed by atoms with E-state index in [1.54, 1.807) is 6.07 Å². The minimum atomic E-state index is -0.329. The Bertz CT molecular complexity index is 869. The number of thiophene rings is 1. The highest BCUT2D eigenvalue weighted by atomic mass is 32.1. The number of carbonyl (C=O) groups excluding carboxylic acids is 1. The number of hydrogen-bond donors (Lipinski definition) is 0. The van der Waals surface area contributed by atoms with E-state index in [2.05, 4.69) is 4.98 Å². The van der Waals surface area contributed by atoms with E-state index in [-0.39, 0.29) is 24.6 Å². The molecule has 0 saturated heterocycles. The Morgan fingerprint density at radius 3 is 3.00 bits per heavy atom. The lowest BCUT2D eigenvalue weighted by Crippen LogP contribution is -2.18. The topological polar surface area (TPSA) is 60.7 Å². The van der Waals surface area contributed by atoms with E-state index in [9.17, 15) is 9.59 Å². The minimum absolute atomic E-state index is 0.00263. The maximum atomic E-state index is 12.1. The number of aromatic nitrogens is 2. The Kier molecular flexibility index (Phi) is 4.02. The van der Waals surface area contributed by atoms with Gasteiger partial charge in [-0.25, -0.2) is 4.98 Å². The predicted molar refractivity (Wildman–Crippen MR) is 84.0 cm³/mol. The van der Waals surface area contributed by atoms with Crippen LogP contribution >= 0.6 is 11.3 Å². The number of nitrogens with zero attached hydrogens (tertiary/aromatic N) is 2. The molecule has 3 aromatic rings. The Morgan fingerprint density at radius 1 is 1.36 bits per heavy atom. The molecule has 0 amide bonds. The third kappa shape index (κ3) is 3.07. The summed E-state index contributed by atoms with van der Waals surface area (Å²) in [7, 11) is 0. The fraction of sp³-hybridized carbons (Fsp3) is 0.188. The van der Waals surface area contributed by atoms with Crippen molar-refractivity contribution in [3.8, 4) is 0 Å². The number of esters is 1. The van der Waals surface area contributed by atoms with Crippen LogP contribution in [0.25, 0.3) is 5.65 Å². The number of pyridine rings is 1.